The van der Waals surface area contributed by atoms with Crippen LogP contribution in [0.1, 0.15) is 342 Å². The van der Waals surface area contributed by atoms with E-state index < -0.39 is 128 Å². The van der Waals surface area contributed by atoms with E-state index in [2.05, 4.69) is 76.2 Å². The maximum atomic E-state index is 12.1. The van der Waals surface area contributed by atoms with Gasteiger partial charge in [0.05, 0.1) is 22.7 Å². The highest BCUT2D eigenvalue weighted by Gasteiger charge is 2.57. The summed E-state index contributed by atoms with van der Waals surface area (Å²) in [5.41, 5.74) is -1.99. The molecule has 0 fully saturated rings. The summed E-state index contributed by atoms with van der Waals surface area (Å²) in [5, 5.41) is 0. The van der Waals surface area contributed by atoms with Crippen LogP contribution in [-0.4, -0.2) is 61.8 Å². The lowest BCUT2D eigenvalue weighted by atomic mass is 9.81. The van der Waals surface area contributed by atoms with Gasteiger partial charge in [-0.25, -0.2) is 0 Å². The molecule has 4 atom stereocenters. The van der Waals surface area contributed by atoms with E-state index in [0.717, 1.165) is 31.6 Å². The van der Waals surface area contributed by atoms with E-state index >= 15 is 0 Å². The number of halogens is 30. The van der Waals surface area contributed by atoms with Gasteiger partial charge in [-0.3, -0.25) is 0 Å². The van der Waals surface area contributed by atoms with Crippen LogP contribution in [0.3, 0.4) is 0 Å². The molecule has 0 heterocycles. The lowest BCUT2D eigenvalue weighted by Crippen LogP contribution is -2.37. The summed E-state index contributed by atoms with van der Waals surface area (Å²) in [5.74, 6) is -9.21. The molecule has 0 N–H and O–H groups in total. The van der Waals surface area contributed by atoms with Crippen LogP contribution in [0.5, 0.6) is 0 Å². The zero-order valence-corrected chi connectivity index (χ0v) is 68.1. The Kier molecular flexibility index (Phi) is 70.9. The van der Waals surface area contributed by atoms with Crippen LogP contribution in [-0.2, 0) is 0 Å². The molecule has 0 aliphatic carbocycles. The number of rotatable bonds is 22. The molecule has 0 aliphatic heterocycles. The standard InChI is InChI=1S/2C7H10F6.6C7H13F3.3C6H14/c1-4(2)3-5(6(8,9)10)7(11,12)13;1-2-3-4-5(6(8,9)10)7(11,12)13;1-5(2)6(3,4)7(8,9)10;1-4-5-6(2,3)7(8,9)10;1-4-5(2)6(3)7(8,9)10;1-3-4-6(2)5-7(8,9)10;1-3-4-5-6(2)7(8,9)10;1-2-3-4-5-6-7(8,9)10;2*1-5-6(2,3)4;1-4-6(3)5-2/h4-5H,3H2,1-2H3;5H,2-4H2,1H3;5H,1-4H3;4-5H2,1-3H3;5-6H,4H2,1-3H3;2*6H,3-5H2,1-2H3;2-6H2,1H3;2*5H2,1-4H3;6H,4-5H2,1-3H3/t;;;;5-,6?;2*6-;;;;/m....000..../s1. The molecule has 1 unspecified atom stereocenters. The lowest BCUT2D eigenvalue weighted by Gasteiger charge is -2.31. The molecule has 0 spiro atoms. The SMILES string of the molecule is CC(C)C(C)(C)C(F)(F)F.CC(C)CC(C(F)(F)F)C(F)(F)F.CCC(C)(C)C.CCC(C)(C)C.CCC(C)CC.CCCC(C)(C)C(F)(F)F.CCCCC(C(F)(F)F)C(F)(F)F.CCCCCCC(F)(F)F.CCCC[C@H](C)C(F)(F)F.CCC[C@H](C)CC(F)(F)F.CC[C@H](C)C(C)C(F)(F)F. The smallest absolute Gasteiger partial charge is 0.171 e. The molecule has 0 amide bonds. The van der Waals surface area contributed by atoms with Gasteiger partial charge in [0.25, 0.3) is 0 Å². The highest BCUT2D eigenvalue weighted by Crippen LogP contribution is 2.46. The third kappa shape index (κ3) is 88.8. The highest BCUT2D eigenvalue weighted by atomic mass is 19.5. The Bertz CT molecular complexity index is 1790. The predicted molar refractivity (Wildman–Crippen MR) is 368 cm³/mol. The Morgan fingerprint density at radius 2 is 0.625 bits per heavy atom. The Hall–Kier alpha value is -2.10. The first kappa shape index (κ1) is 126. The molecule has 646 valence electrons. The molecule has 0 aromatic carbocycles. The van der Waals surface area contributed by atoms with E-state index in [1.165, 1.54) is 81.1 Å². The molecule has 30 heteroatoms. The number of hydrogen-bond donors (Lipinski definition) is 0. The van der Waals surface area contributed by atoms with Crippen molar-refractivity contribution < 1.29 is 132 Å². The van der Waals surface area contributed by atoms with Crippen LogP contribution in [0.2, 0.25) is 0 Å². The molecule has 0 radical (unpaired) electrons. The van der Waals surface area contributed by atoms with E-state index in [4.69, 9.17) is 0 Å². The normalized spacial score (nSPS) is 14.1. The molecule has 0 saturated heterocycles. The van der Waals surface area contributed by atoms with Gasteiger partial charge >= 0.3 is 61.8 Å². The lowest BCUT2D eigenvalue weighted by molar-refractivity contribution is -0.288. The largest absolute Gasteiger partial charge is 0.400 e. The average molecular weight is 1600 g/mol. The van der Waals surface area contributed by atoms with Gasteiger partial charge in [-0.1, -0.05) is 297 Å². The molecule has 0 bridgehead atoms. The van der Waals surface area contributed by atoms with Crippen molar-refractivity contribution in [2.45, 2.75) is 404 Å². The van der Waals surface area contributed by atoms with Gasteiger partial charge in [0.1, 0.15) is 0 Å². The van der Waals surface area contributed by atoms with Crippen molar-refractivity contribution in [2.75, 3.05) is 0 Å². The maximum absolute atomic E-state index is 12.1. The van der Waals surface area contributed by atoms with E-state index in [0.29, 0.717) is 49.4 Å². The van der Waals surface area contributed by atoms with Gasteiger partial charge in [-0.2, -0.15) is 132 Å². The molecule has 0 nitrogen and oxygen atoms in total. The Balaban J connectivity index is -0.000000102. The van der Waals surface area contributed by atoms with Crippen LogP contribution >= 0.6 is 0 Å². The highest BCUT2D eigenvalue weighted by molar-refractivity contribution is 4.80. The second-order valence-corrected chi connectivity index (χ2v) is 30.7. The van der Waals surface area contributed by atoms with Crippen LogP contribution < -0.4 is 0 Å². The first-order valence-electron chi connectivity index (χ1n) is 36.2. The zero-order chi connectivity index (χ0) is 86.8. The number of hydrogen-bond acceptors (Lipinski definition) is 0. The van der Waals surface area contributed by atoms with Gasteiger partial charge < -0.3 is 0 Å². The third-order valence-corrected chi connectivity index (χ3v) is 16.7. The summed E-state index contributed by atoms with van der Waals surface area (Å²) in [6.45, 7) is 51.9. The summed E-state index contributed by atoms with van der Waals surface area (Å²) in [7, 11) is 0. The van der Waals surface area contributed by atoms with Gasteiger partial charge in [0, 0.05) is 12.8 Å². The molecular formula is C74H140F30. The van der Waals surface area contributed by atoms with Crippen molar-refractivity contribution in [2.24, 2.45) is 74.9 Å². The minimum Gasteiger partial charge on any atom is -0.171 e. The second kappa shape index (κ2) is 58.8. The third-order valence-electron chi connectivity index (χ3n) is 16.7. The molecule has 0 aromatic heterocycles. The van der Waals surface area contributed by atoms with Crippen LogP contribution in [0.4, 0.5) is 132 Å². The Labute approximate surface area is 608 Å². The van der Waals surface area contributed by atoms with Crippen molar-refractivity contribution in [3.05, 3.63) is 0 Å². The number of alkyl halides is 30. The van der Waals surface area contributed by atoms with E-state index in [1.807, 2.05) is 20.8 Å². The molecule has 0 saturated carbocycles. The fourth-order valence-electron chi connectivity index (χ4n) is 6.32. The van der Waals surface area contributed by atoms with Crippen molar-refractivity contribution in [1.29, 1.82) is 0 Å². The minimum absolute atomic E-state index is 0.0658. The Morgan fingerprint density at radius 1 is 0.288 bits per heavy atom. The average Bonchev–Trinajstić information content (AvgIpc) is 0.846. The first-order chi connectivity index (χ1) is 45.6. The van der Waals surface area contributed by atoms with Crippen molar-refractivity contribution in [1.82, 2.24) is 0 Å². The molecule has 104 heavy (non-hydrogen) atoms. The van der Waals surface area contributed by atoms with Crippen molar-refractivity contribution in [3.8, 4) is 0 Å². The second-order valence-electron chi connectivity index (χ2n) is 30.7. The molecule has 0 aliphatic rings. The fraction of sp³-hybridized carbons (Fsp3) is 1.00. The topological polar surface area (TPSA) is 0 Å². The molecule has 0 aromatic rings. The van der Waals surface area contributed by atoms with Crippen molar-refractivity contribution >= 4 is 0 Å². The van der Waals surface area contributed by atoms with Crippen LogP contribution in [0, 0.1) is 74.9 Å². The number of unbranched alkanes of at least 4 members (excludes halogenated alkanes) is 5. The van der Waals surface area contributed by atoms with E-state index in [9.17, 15) is 132 Å². The quantitative estimate of drug-likeness (QED) is 0.0749. The molecule has 0 rings (SSSR count). The van der Waals surface area contributed by atoms with Gasteiger partial charge in [-0.15, -0.1) is 0 Å². The van der Waals surface area contributed by atoms with Gasteiger partial charge in [0.15, 0.2) is 11.8 Å². The summed E-state index contributed by atoms with van der Waals surface area (Å²) in [6.07, 6.45) is -34.9. The van der Waals surface area contributed by atoms with E-state index in [1.54, 1.807) is 48.5 Å². The summed E-state index contributed by atoms with van der Waals surface area (Å²) >= 11 is 0. The fourth-order valence-corrected chi connectivity index (χ4v) is 6.32. The molecular weight excluding hydrogens is 1460 g/mol. The predicted octanol–water partition coefficient (Wildman–Crippen LogP) is 35.1. The maximum Gasteiger partial charge on any atom is 0.400 e. The minimum atomic E-state index is -5.19. The summed E-state index contributed by atoms with van der Waals surface area (Å²) < 4.78 is 355. The monoisotopic (exact) mass is 1600 g/mol. The van der Waals surface area contributed by atoms with Crippen molar-refractivity contribution in [3.63, 3.8) is 0 Å². The van der Waals surface area contributed by atoms with Crippen LogP contribution in [0.15, 0.2) is 0 Å². The van der Waals surface area contributed by atoms with E-state index in [-0.39, 0.29) is 43.4 Å². The summed E-state index contributed by atoms with van der Waals surface area (Å²) in [4.78, 5) is 0. The Morgan fingerprint density at radius 3 is 0.779 bits per heavy atom. The summed E-state index contributed by atoms with van der Waals surface area (Å²) in [6, 6.07) is 0. The van der Waals surface area contributed by atoms with Crippen LogP contribution in [0.25, 0.3) is 0 Å². The first-order valence-corrected chi connectivity index (χ1v) is 36.2. The van der Waals surface area contributed by atoms with Gasteiger partial charge in [-0.05, 0) is 72.5 Å². The zero-order valence-electron chi connectivity index (χ0n) is 68.1. The van der Waals surface area contributed by atoms with Gasteiger partial charge in [0.2, 0.25) is 0 Å².